The summed E-state index contributed by atoms with van der Waals surface area (Å²) in [6.45, 7) is 3.69. The van der Waals surface area contributed by atoms with E-state index in [9.17, 15) is 0 Å². The minimum Gasteiger partial charge on any atom is -0.310 e. The summed E-state index contributed by atoms with van der Waals surface area (Å²) in [6, 6.07) is 9.99. The molecule has 0 saturated heterocycles. The van der Waals surface area contributed by atoms with Gasteiger partial charge in [-0.1, -0.05) is 41.1 Å². The lowest BCUT2D eigenvalue weighted by Gasteiger charge is -2.05. The van der Waals surface area contributed by atoms with Crippen LogP contribution in [0.4, 0.5) is 0 Å². The Labute approximate surface area is 109 Å². The van der Waals surface area contributed by atoms with Gasteiger partial charge in [-0.2, -0.15) is 0 Å². The average Bonchev–Trinajstić information content (AvgIpc) is 2.37. The fourth-order valence-electron chi connectivity index (χ4n) is 1.54. The lowest BCUT2D eigenvalue weighted by molar-refractivity contribution is 0.691. The zero-order valence-electron chi connectivity index (χ0n) is 9.65. The van der Waals surface area contributed by atoms with Crippen molar-refractivity contribution in [3.8, 4) is 11.3 Å². The van der Waals surface area contributed by atoms with Gasteiger partial charge < -0.3 is 5.32 Å². The van der Waals surface area contributed by atoms with E-state index < -0.39 is 0 Å². The zero-order chi connectivity index (χ0) is 12.1. The highest BCUT2D eigenvalue weighted by Crippen LogP contribution is 2.25. The molecule has 1 heterocycles. The van der Waals surface area contributed by atoms with Crippen molar-refractivity contribution in [2.24, 2.45) is 0 Å². The van der Waals surface area contributed by atoms with Gasteiger partial charge in [-0.25, -0.2) is 9.97 Å². The lowest BCUT2D eigenvalue weighted by Crippen LogP contribution is -2.14. The predicted octanol–water partition coefficient (Wildman–Crippen LogP) is 3.02. The number of halogens is 1. The van der Waals surface area contributed by atoms with Gasteiger partial charge >= 0.3 is 0 Å². The normalized spacial score (nSPS) is 10.5. The molecule has 0 aliphatic heterocycles. The van der Waals surface area contributed by atoms with Crippen LogP contribution in [0.25, 0.3) is 11.3 Å². The summed E-state index contributed by atoms with van der Waals surface area (Å²) in [6.07, 6.45) is 1.80. The molecule has 0 aliphatic rings. The Morgan fingerprint density at radius 1 is 1.24 bits per heavy atom. The van der Waals surface area contributed by atoms with E-state index in [-0.39, 0.29) is 0 Å². The van der Waals surface area contributed by atoms with Crippen LogP contribution in [-0.2, 0) is 6.54 Å². The van der Waals surface area contributed by atoms with Gasteiger partial charge in [0, 0.05) is 16.2 Å². The first-order valence-electron chi connectivity index (χ1n) is 5.59. The van der Waals surface area contributed by atoms with Crippen molar-refractivity contribution in [2.45, 2.75) is 13.5 Å². The molecule has 0 bridgehead atoms. The van der Waals surface area contributed by atoms with Crippen molar-refractivity contribution in [1.29, 1.82) is 0 Å². The summed E-state index contributed by atoms with van der Waals surface area (Å²) in [4.78, 5) is 8.78. The molecule has 0 spiro atoms. The Morgan fingerprint density at radius 3 is 2.82 bits per heavy atom. The highest BCUT2D eigenvalue weighted by molar-refractivity contribution is 9.10. The van der Waals surface area contributed by atoms with E-state index in [0.29, 0.717) is 6.54 Å². The minimum atomic E-state index is 0.703. The molecule has 1 N–H and O–H groups in total. The average molecular weight is 292 g/mol. The predicted molar refractivity (Wildman–Crippen MR) is 72.5 cm³/mol. The van der Waals surface area contributed by atoms with E-state index in [1.165, 1.54) is 0 Å². The quantitative estimate of drug-likeness (QED) is 0.941. The molecule has 3 nitrogen and oxygen atoms in total. The van der Waals surface area contributed by atoms with E-state index in [4.69, 9.17) is 0 Å². The van der Waals surface area contributed by atoms with Crippen LogP contribution in [0, 0.1) is 0 Å². The third-order valence-corrected chi connectivity index (χ3v) is 3.08. The number of nitrogens with zero attached hydrogens (tertiary/aromatic N) is 2. The van der Waals surface area contributed by atoms with Gasteiger partial charge in [-0.05, 0) is 18.7 Å². The topological polar surface area (TPSA) is 37.8 Å². The van der Waals surface area contributed by atoms with Gasteiger partial charge in [0.25, 0.3) is 0 Å². The third kappa shape index (κ3) is 3.11. The second kappa shape index (κ2) is 5.89. The molecule has 0 saturated carbocycles. The minimum absolute atomic E-state index is 0.703. The molecule has 88 valence electrons. The number of rotatable bonds is 4. The number of aromatic nitrogens is 2. The van der Waals surface area contributed by atoms with E-state index >= 15 is 0 Å². The first-order valence-corrected chi connectivity index (χ1v) is 6.38. The number of benzene rings is 1. The number of hydrogen-bond donors (Lipinski definition) is 1. The SMILES string of the molecule is CCNCc1nccc(-c2ccccc2Br)n1. The van der Waals surface area contributed by atoms with Crippen LogP contribution >= 0.6 is 15.9 Å². The Hall–Kier alpha value is -1.26. The van der Waals surface area contributed by atoms with Crippen LogP contribution in [0.2, 0.25) is 0 Å². The molecule has 0 amide bonds. The van der Waals surface area contributed by atoms with Gasteiger partial charge in [-0.15, -0.1) is 0 Å². The molecule has 17 heavy (non-hydrogen) atoms. The van der Waals surface area contributed by atoms with Crippen molar-refractivity contribution in [2.75, 3.05) is 6.54 Å². The highest BCUT2D eigenvalue weighted by Gasteiger charge is 2.04. The molecule has 4 heteroatoms. The van der Waals surface area contributed by atoms with Gasteiger partial charge in [0.2, 0.25) is 0 Å². The number of nitrogens with one attached hydrogen (secondary N) is 1. The maximum atomic E-state index is 4.54. The van der Waals surface area contributed by atoms with Crippen LogP contribution in [-0.4, -0.2) is 16.5 Å². The summed E-state index contributed by atoms with van der Waals surface area (Å²) in [5, 5.41) is 3.22. The molecule has 0 radical (unpaired) electrons. The summed E-state index contributed by atoms with van der Waals surface area (Å²) in [5.74, 6) is 0.820. The Kier molecular flexibility index (Phi) is 4.23. The molecule has 2 rings (SSSR count). The first-order chi connectivity index (χ1) is 8.31. The molecular formula is C13H14BrN3. The van der Waals surface area contributed by atoms with Crippen molar-refractivity contribution in [1.82, 2.24) is 15.3 Å². The largest absolute Gasteiger partial charge is 0.310 e. The van der Waals surface area contributed by atoms with Crippen molar-refractivity contribution < 1.29 is 0 Å². The summed E-state index contributed by atoms with van der Waals surface area (Å²) >= 11 is 3.53. The Balaban J connectivity index is 2.30. The van der Waals surface area contributed by atoms with Gasteiger partial charge in [-0.3, -0.25) is 0 Å². The van der Waals surface area contributed by atoms with E-state index in [2.05, 4.69) is 38.1 Å². The molecule has 0 unspecified atom stereocenters. The third-order valence-electron chi connectivity index (χ3n) is 2.39. The lowest BCUT2D eigenvalue weighted by atomic mass is 10.1. The molecule has 1 aromatic carbocycles. The van der Waals surface area contributed by atoms with E-state index in [0.717, 1.165) is 28.1 Å². The van der Waals surface area contributed by atoms with Gasteiger partial charge in [0.05, 0.1) is 12.2 Å². The molecule has 0 fully saturated rings. The fraction of sp³-hybridized carbons (Fsp3) is 0.231. The van der Waals surface area contributed by atoms with Crippen LogP contribution < -0.4 is 5.32 Å². The molecule has 1 aromatic heterocycles. The molecule has 0 atom stereocenters. The standard InChI is InChI=1S/C13H14BrN3/c1-2-15-9-13-16-8-7-12(17-13)10-5-3-4-6-11(10)14/h3-8,15H,2,9H2,1H3. The second-order valence-electron chi connectivity index (χ2n) is 3.62. The summed E-state index contributed by atoms with van der Waals surface area (Å²) < 4.78 is 1.05. The van der Waals surface area contributed by atoms with Crippen LogP contribution in [0.15, 0.2) is 41.0 Å². The smallest absolute Gasteiger partial charge is 0.142 e. The van der Waals surface area contributed by atoms with Gasteiger partial charge in [0.15, 0.2) is 0 Å². The van der Waals surface area contributed by atoms with Crippen LogP contribution in [0.3, 0.4) is 0 Å². The Morgan fingerprint density at radius 2 is 2.06 bits per heavy atom. The van der Waals surface area contributed by atoms with Crippen molar-refractivity contribution >= 4 is 15.9 Å². The van der Waals surface area contributed by atoms with Crippen LogP contribution in [0.5, 0.6) is 0 Å². The van der Waals surface area contributed by atoms with Crippen molar-refractivity contribution in [3.05, 3.63) is 46.8 Å². The van der Waals surface area contributed by atoms with E-state index in [1.54, 1.807) is 6.20 Å². The first kappa shape index (κ1) is 12.2. The zero-order valence-corrected chi connectivity index (χ0v) is 11.2. The maximum absolute atomic E-state index is 4.54. The summed E-state index contributed by atoms with van der Waals surface area (Å²) in [5.41, 5.74) is 2.04. The second-order valence-corrected chi connectivity index (χ2v) is 4.47. The molecule has 2 aromatic rings. The molecular weight excluding hydrogens is 278 g/mol. The number of hydrogen-bond acceptors (Lipinski definition) is 3. The Bertz CT molecular complexity index is 500. The summed E-state index contributed by atoms with van der Waals surface area (Å²) in [7, 11) is 0. The monoisotopic (exact) mass is 291 g/mol. The highest BCUT2D eigenvalue weighted by atomic mass is 79.9. The molecule has 0 aliphatic carbocycles. The van der Waals surface area contributed by atoms with Crippen LogP contribution in [0.1, 0.15) is 12.7 Å². The fourth-order valence-corrected chi connectivity index (χ4v) is 2.03. The maximum Gasteiger partial charge on any atom is 0.142 e. The van der Waals surface area contributed by atoms with E-state index in [1.807, 2.05) is 30.3 Å². The van der Waals surface area contributed by atoms with Gasteiger partial charge in [0.1, 0.15) is 5.82 Å². The van der Waals surface area contributed by atoms with Crippen molar-refractivity contribution in [3.63, 3.8) is 0 Å².